The van der Waals surface area contributed by atoms with E-state index in [4.69, 9.17) is 0 Å². The molecular formula is C6H4BrN3. The summed E-state index contributed by atoms with van der Waals surface area (Å²) in [7, 11) is 0. The van der Waals surface area contributed by atoms with Crippen molar-refractivity contribution in [2.45, 2.75) is 0 Å². The summed E-state index contributed by atoms with van der Waals surface area (Å²) in [5.74, 6) is 0. The molecule has 2 rings (SSSR count). The second-order valence-corrected chi connectivity index (χ2v) is 2.72. The third-order valence-corrected chi connectivity index (χ3v) is 1.62. The molecule has 0 aliphatic heterocycles. The molecule has 2 aromatic heterocycles. The Morgan fingerprint density at radius 2 is 2.40 bits per heavy atom. The molecule has 0 radical (unpaired) electrons. The molecule has 0 saturated heterocycles. The van der Waals surface area contributed by atoms with Crippen molar-refractivity contribution in [2.24, 2.45) is 0 Å². The second kappa shape index (κ2) is 2.05. The van der Waals surface area contributed by atoms with Crippen LogP contribution in [0.3, 0.4) is 0 Å². The van der Waals surface area contributed by atoms with Crippen LogP contribution in [-0.4, -0.2) is 14.4 Å². The van der Waals surface area contributed by atoms with Gasteiger partial charge in [-0.2, -0.15) is 0 Å². The first-order valence-corrected chi connectivity index (χ1v) is 3.60. The van der Waals surface area contributed by atoms with Gasteiger partial charge in [-0.1, -0.05) is 0 Å². The van der Waals surface area contributed by atoms with Gasteiger partial charge in [0.2, 0.25) is 0 Å². The van der Waals surface area contributed by atoms with Gasteiger partial charge < -0.3 is 4.40 Å². The maximum absolute atomic E-state index is 4.13. The minimum atomic E-state index is 0.834. The lowest BCUT2D eigenvalue weighted by molar-refractivity contribution is 1.13. The molecule has 2 aromatic rings. The molecular weight excluding hydrogens is 194 g/mol. The Hall–Kier alpha value is -0.900. The first-order chi connectivity index (χ1) is 4.86. The number of aromatic nitrogens is 3. The molecule has 0 unspecified atom stereocenters. The molecule has 0 amide bonds. The molecule has 0 aromatic carbocycles. The average molecular weight is 198 g/mol. The first kappa shape index (κ1) is 5.85. The van der Waals surface area contributed by atoms with Gasteiger partial charge in [-0.05, 0) is 15.9 Å². The molecule has 0 saturated carbocycles. The molecule has 0 atom stereocenters. The zero-order chi connectivity index (χ0) is 6.97. The van der Waals surface area contributed by atoms with Crippen LogP contribution in [0.25, 0.3) is 5.65 Å². The fraction of sp³-hybridized carbons (Fsp3) is 0. The minimum Gasteiger partial charge on any atom is -0.303 e. The normalized spacial score (nSPS) is 10.5. The summed E-state index contributed by atoms with van der Waals surface area (Å²) >= 11 is 3.26. The van der Waals surface area contributed by atoms with Crippen LogP contribution in [0.15, 0.2) is 29.4 Å². The molecule has 0 N–H and O–H groups in total. The van der Waals surface area contributed by atoms with Gasteiger partial charge in [0.15, 0.2) is 5.65 Å². The number of fused-ring (bicyclic) bond motifs is 1. The van der Waals surface area contributed by atoms with E-state index < -0.39 is 0 Å². The van der Waals surface area contributed by atoms with Gasteiger partial charge >= 0.3 is 0 Å². The van der Waals surface area contributed by atoms with E-state index in [9.17, 15) is 0 Å². The lowest BCUT2D eigenvalue weighted by Crippen LogP contribution is -1.81. The molecule has 0 fully saturated rings. The molecule has 0 bridgehead atoms. The molecule has 0 aliphatic rings. The zero-order valence-corrected chi connectivity index (χ0v) is 6.62. The monoisotopic (exact) mass is 197 g/mol. The molecule has 10 heavy (non-hydrogen) atoms. The van der Waals surface area contributed by atoms with Gasteiger partial charge in [0.1, 0.15) is 4.60 Å². The van der Waals surface area contributed by atoms with Crippen LogP contribution in [0.5, 0.6) is 0 Å². The Morgan fingerprint density at radius 1 is 1.50 bits per heavy atom. The molecule has 50 valence electrons. The Morgan fingerprint density at radius 3 is 3.20 bits per heavy atom. The largest absolute Gasteiger partial charge is 0.303 e. The number of rotatable bonds is 0. The van der Waals surface area contributed by atoms with Gasteiger partial charge in [-0.25, -0.2) is 4.98 Å². The molecule has 3 nitrogen and oxygen atoms in total. The van der Waals surface area contributed by atoms with E-state index in [2.05, 4.69) is 25.9 Å². The van der Waals surface area contributed by atoms with Gasteiger partial charge in [0.25, 0.3) is 0 Å². The van der Waals surface area contributed by atoms with Crippen LogP contribution in [-0.2, 0) is 0 Å². The highest BCUT2D eigenvalue weighted by atomic mass is 79.9. The smallest absolute Gasteiger partial charge is 0.156 e. The second-order valence-electron chi connectivity index (χ2n) is 1.91. The van der Waals surface area contributed by atoms with E-state index in [1.807, 2.05) is 16.8 Å². The van der Waals surface area contributed by atoms with Gasteiger partial charge in [0, 0.05) is 18.6 Å². The third-order valence-electron chi connectivity index (χ3n) is 1.23. The standard InChI is InChI=1S/C6H4BrN3/c7-5-4-10-2-1-8-3-6(10)9-5/h1-4H. The topological polar surface area (TPSA) is 30.2 Å². The summed E-state index contributed by atoms with van der Waals surface area (Å²) < 4.78 is 2.73. The summed E-state index contributed by atoms with van der Waals surface area (Å²) in [4.78, 5) is 8.05. The van der Waals surface area contributed by atoms with Crippen molar-refractivity contribution in [3.05, 3.63) is 29.4 Å². The number of hydrogen-bond donors (Lipinski definition) is 0. The summed E-state index contributed by atoms with van der Waals surface area (Å²) in [5.41, 5.74) is 0.856. The Labute approximate surface area is 65.9 Å². The molecule has 0 aliphatic carbocycles. The maximum atomic E-state index is 4.13. The van der Waals surface area contributed by atoms with E-state index in [1.165, 1.54) is 0 Å². The van der Waals surface area contributed by atoms with Crippen LogP contribution in [0.2, 0.25) is 0 Å². The van der Waals surface area contributed by atoms with Crippen molar-refractivity contribution < 1.29 is 0 Å². The lowest BCUT2D eigenvalue weighted by atomic mass is 10.7. The SMILES string of the molecule is Brc1cn2ccncc2n1. The van der Waals surface area contributed by atoms with Crippen molar-refractivity contribution in [1.29, 1.82) is 0 Å². The fourth-order valence-electron chi connectivity index (χ4n) is 0.812. The average Bonchev–Trinajstić information content (AvgIpc) is 2.27. The maximum Gasteiger partial charge on any atom is 0.156 e. The predicted molar refractivity (Wildman–Crippen MR) is 40.7 cm³/mol. The van der Waals surface area contributed by atoms with E-state index >= 15 is 0 Å². The summed E-state index contributed by atoms with van der Waals surface area (Å²) in [6.45, 7) is 0. The Bertz CT molecular complexity index is 322. The quantitative estimate of drug-likeness (QED) is 0.641. The number of nitrogens with zero attached hydrogens (tertiary/aromatic N) is 3. The summed E-state index contributed by atoms with van der Waals surface area (Å²) in [6, 6.07) is 0. The fourth-order valence-corrected chi connectivity index (χ4v) is 1.21. The van der Waals surface area contributed by atoms with Crippen LogP contribution in [0, 0.1) is 0 Å². The highest BCUT2D eigenvalue weighted by Gasteiger charge is 1.94. The third kappa shape index (κ3) is 0.806. The lowest BCUT2D eigenvalue weighted by Gasteiger charge is -1.85. The van der Waals surface area contributed by atoms with Crippen molar-refractivity contribution in [2.75, 3.05) is 0 Å². The molecule has 0 spiro atoms. The molecule has 2 heterocycles. The Balaban J connectivity index is 2.88. The van der Waals surface area contributed by atoms with E-state index in [-0.39, 0.29) is 0 Å². The minimum absolute atomic E-state index is 0.834. The van der Waals surface area contributed by atoms with Gasteiger partial charge in [-0.3, -0.25) is 4.98 Å². The van der Waals surface area contributed by atoms with Crippen LogP contribution in [0.1, 0.15) is 0 Å². The number of halogens is 1. The van der Waals surface area contributed by atoms with E-state index in [0.717, 1.165) is 10.3 Å². The van der Waals surface area contributed by atoms with Gasteiger partial charge in [-0.15, -0.1) is 0 Å². The van der Waals surface area contributed by atoms with E-state index in [1.54, 1.807) is 12.4 Å². The summed E-state index contributed by atoms with van der Waals surface area (Å²) in [5, 5.41) is 0. The van der Waals surface area contributed by atoms with Crippen LogP contribution in [0.4, 0.5) is 0 Å². The Kier molecular flexibility index (Phi) is 1.20. The van der Waals surface area contributed by atoms with Crippen LogP contribution < -0.4 is 0 Å². The van der Waals surface area contributed by atoms with E-state index in [0.29, 0.717) is 0 Å². The first-order valence-electron chi connectivity index (χ1n) is 2.80. The number of hydrogen-bond acceptors (Lipinski definition) is 2. The van der Waals surface area contributed by atoms with Crippen molar-refractivity contribution in [1.82, 2.24) is 14.4 Å². The highest BCUT2D eigenvalue weighted by Crippen LogP contribution is 2.08. The number of imidazole rings is 1. The van der Waals surface area contributed by atoms with Crippen molar-refractivity contribution in [3.63, 3.8) is 0 Å². The highest BCUT2D eigenvalue weighted by molar-refractivity contribution is 9.10. The van der Waals surface area contributed by atoms with Crippen molar-refractivity contribution >= 4 is 21.6 Å². The van der Waals surface area contributed by atoms with Gasteiger partial charge in [0.05, 0.1) is 6.20 Å². The predicted octanol–water partition coefficient (Wildman–Crippen LogP) is 1.49. The molecule has 4 heteroatoms. The van der Waals surface area contributed by atoms with Crippen molar-refractivity contribution in [3.8, 4) is 0 Å². The zero-order valence-electron chi connectivity index (χ0n) is 5.03. The van der Waals surface area contributed by atoms with Crippen LogP contribution >= 0.6 is 15.9 Å². The summed E-state index contributed by atoms with van der Waals surface area (Å²) in [6.07, 6.45) is 7.18.